The minimum Gasteiger partial charge on any atom is -0.381 e. The fourth-order valence-electron chi connectivity index (χ4n) is 3.38. The van der Waals surface area contributed by atoms with Gasteiger partial charge >= 0.3 is 0 Å². The van der Waals surface area contributed by atoms with E-state index in [0.29, 0.717) is 0 Å². The Morgan fingerprint density at radius 1 is 1.26 bits per heavy atom. The van der Waals surface area contributed by atoms with Gasteiger partial charge in [0.25, 0.3) is 0 Å². The predicted octanol–water partition coefficient (Wildman–Crippen LogP) is 1.80. The van der Waals surface area contributed by atoms with E-state index in [-0.39, 0.29) is 5.41 Å². The first-order valence-corrected chi connectivity index (χ1v) is 7.38. The fourth-order valence-corrected chi connectivity index (χ4v) is 3.38. The molecular weight excluding hydrogens is 236 g/mol. The first kappa shape index (κ1) is 13.1. The van der Waals surface area contributed by atoms with Gasteiger partial charge in [-0.25, -0.2) is 0 Å². The van der Waals surface area contributed by atoms with Gasteiger partial charge in [-0.1, -0.05) is 24.3 Å². The number of hydrogen-bond donors (Lipinski definition) is 1. The lowest BCUT2D eigenvalue weighted by Crippen LogP contribution is -2.43. The molecule has 0 radical (unpaired) electrons. The molecule has 2 heterocycles. The van der Waals surface area contributed by atoms with Crippen LogP contribution in [0.2, 0.25) is 0 Å². The highest BCUT2D eigenvalue weighted by Gasteiger charge is 2.35. The summed E-state index contributed by atoms with van der Waals surface area (Å²) >= 11 is 0. The molecule has 1 aromatic rings. The topological polar surface area (TPSA) is 38.5 Å². The number of fused-ring (bicyclic) bond motifs is 1. The lowest BCUT2D eigenvalue weighted by atomic mass is 9.86. The summed E-state index contributed by atoms with van der Waals surface area (Å²) in [6.45, 7) is 5.78. The van der Waals surface area contributed by atoms with Crippen LogP contribution < -0.4 is 5.73 Å². The van der Waals surface area contributed by atoms with Crippen LogP contribution in [0, 0.1) is 5.41 Å². The third-order valence-electron chi connectivity index (χ3n) is 4.61. The summed E-state index contributed by atoms with van der Waals surface area (Å²) in [5.41, 5.74) is 9.22. The number of ether oxygens (including phenoxy) is 1. The molecule has 0 aromatic heterocycles. The van der Waals surface area contributed by atoms with Crippen LogP contribution >= 0.6 is 0 Å². The van der Waals surface area contributed by atoms with Crippen LogP contribution in [0.3, 0.4) is 0 Å². The van der Waals surface area contributed by atoms with Crippen molar-refractivity contribution >= 4 is 0 Å². The van der Waals surface area contributed by atoms with E-state index in [0.717, 1.165) is 39.3 Å². The van der Waals surface area contributed by atoms with Gasteiger partial charge in [-0.05, 0) is 36.9 Å². The molecule has 1 unspecified atom stereocenters. The molecule has 2 N–H and O–H groups in total. The molecule has 0 amide bonds. The van der Waals surface area contributed by atoms with E-state index in [2.05, 4.69) is 29.2 Å². The molecular formula is C16H24N2O. The highest BCUT2D eigenvalue weighted by molar-refractivity contribution is 5.28. The largest absolute Gasteiger partial charge is 0.381 e. The number of rotatable bonds is 3. The molecule has 104 valence electrons. The minimum atomic E-state index is 0.194. The Balaban J connectivity index is 1.72. The number of benzene rings is 1. The third kappa shape index (κ3) is 2.83. The maximum Gasteiger partial charge on any atom is 0.0547 e. The average molecular weight is 260 g/mol. The molecule has 3 heteroatoms. The first-order valence-electron chi connectivity index (χ1n) is 7.38. The highest BCUT2D eigenvalue weighted by atomic mass is 16.5. The molecule has 1 fully saturated rings. The number of hydrogen-bond acceptors (Lipinski definition) is 3. The molecule has 2 aliphatic rings. The van der Waals surface area contributed by atoms with Crippen LogP contribution in [-0.2, 0) is 17.7 Å². The zero-order chi connectivity index (χ0) is 13.1. The smallest absolute Gasteiger partial charge is 0.0547 e. The standard InChI is InChI=1S/C16H24N2O/c17-11-16(7-9-19-13-16)12-18-8-3-6-14-4-1-2-5-15(14)10-18/h1-2,4-5H,3,6-13,17H2. The summed E-state index contributed by atoms with van der Waals surface area (Å²) in [6.07, 6.45) is 3.57. The van der Waals surface area contributed by atoms with Crippen molar-refractivity contribution < 1.29 is 4.74 Å². The van der Waals surface area contributed by atoms with Crippen molar-refractivity contribution in [2.24, 2.45) is 11.1 Å². The Hall–Kier alpha value is -0.900. The molecule has 3 rings (SSSR count). The SMILES string of the molecule is NCC1(CN2CCCc3ccccc3C2)CCOC1. The Bertz CT molecular complexity index is 427. The maximum atomic E-state index is 6.01. The molecule has 1 atom stereocenters. The second-order valence-electron chi connectivity index (χ2n) is 6.09. The second-order valence-corrected chi connectivity index (χ2v) is 6.09. The van der Waals surface area contributed by atoms with Crippen molar-refractivity contribution in [3.05, 3.63) is 35.4 Å². The van der Waals surface area contributed by atoms with Gasteiger partial charge < -0.3 is 10.5 Å². The molecule has 0 saturated carbocycles. The van der Waals surface area contributed by atoms with Crippen LogP contribution in [0.25, 0.3) is 0 Å². The van der Waals surface area contributed by atoms with Crippen molar-refractivity contribution in [3.8, 4) is 0 Å². The van der Waals surface area contributed by atoms with Gasteiger partial charge in [-0.2, -0.15) is 0 Å². The molecule has 0 spiro atoms. The molecule has 0 bridgehead atoms. The lowest BCUT2D eigenvalue weighted by Gasteiger charge is -2.32. The van der Waals surface area contributed by atoms with E-state index in [1.54, 1.807) is 0 Å². The molecule has 0 aliphatic carbocycles. The van der Waals surface area contributed by atoms with Crippen LogP contribution in [0.1, 0.15) is 24.0 Å². The van der Waals surface area contributed by atoms with Crippen molar-refractivity contribution in [3.63, 3.8) is 0 Å². The van der Waals surface area contributed by atoms with Crippen LogP contribution in [0.4, 0.5) is 0 Å². The van der Waals surface area contributed by atoms with E-state index >= 15 is 0 Å². The van der Waals surface area contributed by atoms with Crippen molar-refractivity contribution in [2.45, 2.75) is 25.8 Å². The summed E-state index contributed by atoms with van der Waals surface area (Å²) in [5, 5.41) is 0. The van der Waals surface area contributed by atoms with Crippen LogP contribution in [0.5, 0.6) is 0 Å². The normalized spacial score (nSPS) is 28.1. The van der Waals surface area contributed by atoms with Gasteiger partial charge in [0.1, 0.15) is 0 Å². The van der Waals surface area contributed by atoms with E-state index in [1.807, 2.05) is 0 Å². The molecule has 2 aliphatic heterocycles. The maximum absolute atomic E-state index is 6.01. The molecule has 3 nitrogen and oxygen atoms in total. The van der Waals surface area contributed by atoms with Gasteiger partial charge in [-0.3, -0.25) is 4.90 Å². The minimum absolute atomic E-state index is 0.194. The Labute approximate surface area is 115 Å². The van der Waals surface area contributed by atoms with Gasteiger partial charge in [0.2, 0.25) is 0 Å². The second kappa shape index (κ2) is 5.61. The van der Waals surface area contributed by atoms with E-state index in [9.17, 15) is 0 Å². The van der Waals surface area contributed by atoms with Gasteiger partial charge in [0, 0.05) is 31.7 Å². The quantitative estimate of drug-likeness (QED) is 0.900. The number of nitrogens with two attached hydrogens (primary N) is 1. The fraction of sp³-hybridized carbons (Fsp3) is 0.625. The highest BCUT2D eigenvalue weighted by Crippen LogP contribution is 2.30. The Kier molecular flexibility index (Phi) is 3.87. The molecule has 19 heavy (non-hydrogen) atoms. The zero-order valence-corrected chi connectivity index (χ0v) is 11.6. The van der Waals surface area contributed by atoms with Crippen molar-refractivity contribution in [1.29, 1.82) is 0 Å². The summed E-state index contributed by atoms with van der Waals surface area (Å²) in [6, 6.07) is 8.85. The van der Waals surface area contributed by atoms with Crippen molar-refractivity contribution in [2.75, 3.05) is 32.8 Å². The molecule has 1 saturated heterocycles. The molecule has 1 aromatic carbocycles. The zero-order valence-electron chi connectivity index (χ0n) is 11.6. The average Bonchev–Trinajstić information content (AvgIpc) is 2.80. The Morgan fingerprint density at radius 2 is 2.11 bits per heavy atom. The first-order chi connectivity index (χ1) is 9.31. The van der Waals surface area contributed by atoms with Gasteiger partial charge in [0.15, 0.2) is 0 Å². The van der Waals surface area contributed by atoms with E-state index < -0.39 is 0 Å². The summed E-state index contributed by atoms with van der Waals surface area (Å²) in [4.78, 5) is 2.58. The third-order valence-corrected chi connectivity index (χ3v) is 4.61. The van der Waals surface area contributed by atoms with E-state index in [4.69, 9.17) is 10.5 Å². The van der Waals surface area contributed by atoms with Gasteiger partial charge in [-0.15, -0.1) is 0 Å². The van der Waals surface area contributed by atoms with E-state index in [1.165, 1.54) is 30.5 Å². The summed E-state index contributed by atoms with van der Waals surface area (Å²) < 4.78 is 5.59. The van der Waals surface area contributed by atoms with Crippen LogP contribution in [0.15, 0.2) is 24.3 Å². The predicted molar refractivity (Wildman–Crippen MR) is 77.0 cm³/mol. The number of aryl methyl sites for hydroxylation is 1. The Morgan fingerprint density at radius 3 is 2.84 bits per heavy atom. The van der Waals surface area contributed by atoms with Crippen molar-refractivity contribution in [1.82, 2.24) is 4.90 Å². The van der Waals surface area contributed by atoms with Gasteiger partial charge in [0.05, 0.1) is 6.61 Å². The summed E-state index contributed by atoms with van der Waals surface area (Å²) in [7, 11) is 0. The summed E-state index contributed by atoms with van der Waals surface area (Å²) in [5.74, 6) is 0. The lowest BCUT2D eigenvalue weighted by molar-refractivity contribution is 0.112. The van der Waals surface area contributed by atoms with Crippen LogP contribution in [-0.4, -0.2) is 37.7 Å². The number of nitrogens with zero attached hydrogens (tertiary/aromatic N) is 1. The monoisotopic (exact) mass is 260 g/mol.